The van der Waals surface area contributed by atoms with Crippen molar-refractivity contribution < 1.29 is 19.1 Å². The second kappa shape index (κ2) is 9.47. The fraction of sp³-hybridized carbons (Fsp3) is 0.231. The summed E-state index contributed by atoms with van der Waals surface area (Å²) in [4.78, 5) is 25.1. The Labute approximate surface area is 182 Å². The molecule has 0 saturated carbocycles. The van der Waals surface area contributed by atoms with E-state index in [2.05, 4.69) is 17.4 Å². The minimum absolute atomic E-state index is 0.0481. The molecule has 5 nitrogen and oxygen atoms in total. The van der Waals surface area contributed by atoms with Crippen LogP contribution >= 0.6 is 0 Å². The van der Waals surface area contributed by atoms with Gasteiger partial charge in [-0.25, -0.2) is 4.79 Å². The van der Waals surface area contributed by atoms with Crippen LogP contribution in [0, 0.1) is 0 Å². The van der Waals surface area contributed by atoms with E-state index in [0.29, 0.717) is 17.1 Å². The third kappa shape index (κ3) is 5.12. The number of hydrogen-bond donors (Lipinski definition) is 1. The van der Waals surface area contributed by atoms with Crippen molar-refractivity contribution in [2.24, 2.45) is 0 Å². The van der Waals surface area contributed by atoms with Crippen LogP contribution in [0.3, 0.4) is 0 Å². The lowest BCUT2D eigenvalue weighted by atomic mass is 9.87. The van der Waals surface area contributed by atoms with E-state index in [9.17, 15) is 9.59 Å². The second-order valence-corrected chi connectivity index (χ2v) is 7.64. The molecule has 1 aliphatic rings. The first-order valence-corrected chi connectivity index (χ1v) is 10.5. The maximum absolute atomic E-state index is 12.6. The first-order valence-electron chi connectivity index (χ1n) is 10.5. The van der Waals surface area contributed by atoms with Crippen LogP contribution in [-0.2, 0) is 16.0 Å². The average molecular weight is 415 g/mol. The smallest absolute Gasteiger partial charge is 0.338 e. The van der Waals surface area contributed by atoms with Crippen molar-refractivity contribution in [2.45, 2.75) is 38.3 Å². The van der Waals surface area contributed by atoms with Gasteiger partial charge >= 0.3 is 5.97 Å². The van der Waals surface area contributed by atoms with E-state index in [1.165, 1.54) is 5.56 Å². The Morgan fingerprint density at radius 3 is 2.35 bits per heavy atom. The lowest BCUT2D eigenvalue weighted by Crippen LogP contribution is -2.39. The Morgan fingerprint density at radius 1 is 0.903 bits per heavy atom. The van der Waals surface area contributed by atoms with E-state index >= 15 is 0 Å². The van der Waals surface area contributed by atoms with Gasteiger partial charge in [-0.05, 0) is 73.7 Å². The summed E-state index contributed by atoms with van der Waals surface area (Å²) in [6.07, 6.45) is 2.04. The van der Waals surface area contributed by atoms with Crippen molar-refractivity contribution >= 4 is 11.9 Å². The first kappa shape index (κ1) is 20.7. The number of ether oxygens (including phenoxy) is 2. The van der Waals surface area contributed by atoms with Crippen molar-refractivity contribution in [3.05, 3.63) is 95.6 Å². The quantitative estimate of drug-likeness (QED) is 0.561. The van der Waals surface area contributed by atoms with Gasteiger partial charge in [-0.2, -0.15) is 0 Å². The van der Waals surface area contributed by atoms with Crippen molar-refractivity contribution in [1.82, 2.24) is 5.32 Å². The van der Waals surface area contributed by atoms with Crippen molar-refractivity contribution in [3.63, 3.8) is 0 Å². The molecule has 0 unspecified atom stereocenters. The van der Waals surface area contributed by atoms with Gasteiger partial charge in [0.1, 0.15) is 11.5 Å². The maximum Gasteiger partial charge on any atom is 0.338 e. The van der Waals surface area contributed by atoms with Crippen LogP contribution in [-0.4, -0.2) is 18.0 Å². The normalized spacial score (nSPS) is 16.0. The van der Waals surface area contributed by atoms with Crippen molar-refractivity contribution in [1.29, 1.82) is 0 Å². The molecular weight excluding hydrogens is 390 g/mol. The van der Waals surface area contributed by atoms with Crippen LogP contribution in [0.25, 0.3) is 0 Å². The van der Waals surface area contributed by atoms with Crippen LogP contribution in [0.15, 0.2) is 78.9 Å². The highest BCUT2D eigenvalue weighted by atomic mass is 16.5. The number of esters is 1. The molecule has 1 aliphatic carbocycles. The van der Waals surface area contributed by atoms with Gasteiger partial charge in [0.2, 0.25) is 0 Å². The molecule has 0 bridgehead atoms. The summed E-state index contributed by atoms with van der Waals surface area (Å²) in [6, 6.07) is 24.2. The molecule has 2 atom stereocenters. The summed E-state index contributed by atoms with van der Waals surface area (Å²) in [5.74, 6) is 0.494. The fourth-order valence-corrected chi connectivity index (χ4v) is 3.76. The Balaban J connectivity index is 1.33. The SMILES string of the molecule is C[C@@H](OC(=O)c1ccc(Oc2ccccc2)cc1)C(=O)N[C@H]1CCCc2ccccc21. The Kier molecular flexibility index (Phi) is 6.32. The third-order valence-electron chi connectivity index (χ3n) is 5.41. The van der Waals surface area contributed by atoms with E-state index in [1.54, 1.807) is 31.2 Å². The fourth-order valence-electron chi connectivity index (χ4n) is 3.76. The van der Waals surface area contributed by atoms with E-state index in [-0.39, 0.29) is 11.9 Å². The number of para-hydroxylation sites is 1. The number of benzene rings is 3. The summed E-state index contributed by atoms with van der Waals surface area (Å²) in [5, 5.41) is 3.03. The van der Waals surface area contributed by atoms with Crippen LogP contribution in [0.2, 0.25) is 0 Å². The van der Waals surface area contributed by atoms with Gasteiger partial charge in [0, 0.05) is 0 Å². The molecule has 0 aliphatic heterocycles. The molecule has 3 aromatic carbocycles. The number of amides is 1. The molecule has 0 saturated heterocycles. The summed E-state index contributed by atoms with van der Waals surface area (Å²) >= 11 is 0. The van der Waals surface area contributed by atoms with Gasteiger partial charge in [-0.1, -0.05) is 42.5 Å². The summed E-state index contributed by atoms with van der Waals surface area (Å²) < 4.78 is 11.1. The van der Waals surface area contributed by atoms with Crippen LogP contribution < -0.4 is 10.1 Å². The molecule has 1 N–H and O–H groups in total. The maximum atomic E-state index is 12.6. The van der Waals surface area contributed by atoms with E-state index < -0.39 is 12.1 Å². The van der Waals surface area contributed by atoms with Crippen molar-refractivity contribution in [3.8, 4) is 11.5 Å². The van der Waals surface area contributed by atoms with Crippen LogP contribution in [0.1, 0.15) is 47.3 Å². The summed E-state index contributed by atoms with van der Waals surface area (Å²) in [5.41, 5.74) is 2.78. The summed E-state index contributed by atoms with van der Waals surface area (Å²) in [7, 11) is 0. The zero-order valence-electron chi connectivity index (χ0n) is 17.4. The first-order chi connectivity index (χ1) is 15.1. The Hall–Kier alpha value is -3.60. The molecule has 31 heavy (non-hydrogen) atoms. The average Bonchev–Trinajstić information content (AvgIpc) is 2.80. The standard InChI is InChI=1S/C26H25NO4/c1-18(25(28)27-24-13-7-9-19-8-5-6-12-23(19)24)30-26(29)20-14-16-22(17-15-20)31-21-10-3-2-4-11-21/h2-6,8,10-12,14-18,24H,7,9,13H2,1H3,(H,27,28)/t18-,24+/m1/s1. The molecule has 1 amide bonds. The van der Waals surface area contributed by atoms with E-state index in [0.717, 1.165) is 24.8 Å². The predicted octanol–water partition coefficient (Wildman–Crippen LogP) is 5.22. The number of hydrogen-bond acceptors (Lipinski definition) is 4. The highest BCUT2D eigenvalue weighted by Gasteiger charge is 2.25. The van der Waals surface area contributed by atoms with Gasteiger partial charge in [0.05, 0.1) is 11.6 Å². The predicted molar refractivity (Wildman–Crippen MR) is 118 cm³/mol. The lowest BCUT2D eigenvalue weighted by Gasteiger charge is -2.27. The highest BCUT2D eigenvalue weighted by Crippen LogP contribution is 2.29. The van der Waals surface area contributed by atoms with Gasteiger partial charge in [0.15, 0.2) is 6.10 Å². The molecule has 4 rings (SSSR count). The molecule has 0 radical (unpaired) electrons. The van der Waals surface area contributed by atoms with Gasteiger partial charge in [-0.15, -0.1) is 0 Å². The molecular formula is C26H25NO4. The molecule has 0 aromatic heterocycles. The monoisotopic (exact) mass is 415 g/mol. The summed E-state index contributed by atoms with van der Waals surface area (Å²) in [6.45, 7) is 1.59. The van der Waals surface area contributed by atoms with Gasteiger partial charge in [0.25, 0.3) is 5.91 Å². The number of fused-ring (bicyclic) bond motifs is 1. The Morgan fingerprint density at radius 2 is 1.58 bits per heavy atom. The Bertz CT molecular complexity index is 1050. The number of rotatable bonds is 6. The van der Waals surface area contributed by atoms with E-state index in [4.69, 9.17) is 9.47 Å². The number of carbonyl (C=O) groups is 2. The molecule has 0 spiro atoms. The number of nitrogens with one attached hydrogen (secondary N) is 1. The molecule has 3 aromatic rings. The third-order valence-corrected chi connectivity index (χ3v) is 5.41. The molecule has 5 heteroatoms. The zero-order valence-corrected chi connectivity index (χ0v) is 17.4. The van der Waals surface area contributed by atoms with Crippen molar-refractivity contribution in [2.75, 3.05) is 0 Å². The zero-order chi connectivity index (χ0) is 21.6. The minimum atomic E-state index is -0.887. The van der Waals surface area contributed by atoms with Crippen LogP contribution in [0.5, 0.6) is 11.5 Å². The van der Waals surface area contributed by atoms with Gasteiger partial charge < -0.3 is 14.8 Å². The lowest BCUT2D eigenvalue weighted by molar-refractivity contribution is -0.130. The topological polar surface area (TPSA) is 64.6 Å². The highest BCUT2D eigenvalue weighted by molar-refractivity contribution is 5.92. The molecule has 158 valence electrons. The second-order valence-electron chi connectivity index (χ2n) is 7.64. The number of carbonyl (C=O) groups excluding carboxylic acids is 2. The molecule has 0 fully saturated rings. The number of aryl methyl sites for hydroxylation is 1. The largest absolute Gasteiger partial charge is 0.457 e. The van der Waals surface area contributed by atoms with Gasteiger partial charge in [-0.3, -0.25) is 4.79 Å². The molecule has 0 heterocycles. The van der Waals surface area contributed by atoms with E-state index in [1.807, 2.05) is 42.5 Å². The van der Waals surface area contributed by atoms with Crippen LogP contribution in [0.4, 0.5) is 0 Å². The minimum Gasteiger partial charge on any atom is -0.457 e.